The molecular weight excluding hydrogens is 208 g/mol. The Morgan fingerprint density at radius 1 is 1.38 bits per heavy atom. The Kier molecular flexibility index (Phi) is 6.81. The molecule has 0 radical (unpaired) electrons. The Bertz CT molecular complexity index is 211. The zero-order valence-corrected chi connectivity index (χ0v) is 9.83. The van der Waals surface area contributed by atoms with Gasteiger partial charge in [0.1, 0.15) is 0 Å². The van der Waals surface area contributed by atoms with Crippen LogP contribution >= 0.6 is 11.8 Å². The Balaban J connectivity index is 3.64. The molecule has 1 N–H and O–H groups in total. The molecule has 0 aliphatic carbocycles. The van der Waals surface area contributed by atoms with Gasteiger partial charge < -0.3 is 5.11 Å². The van der Waals surface area contributed by atoms with Crippen molar-refractivity contribution in [1.82, 2.24) is 0 Å². The van der Waals surface area contributed by atoms with E-state index in [0.717, 1.165) is 0 Å². The van der Waals surface area contributed by atoms with Gasteiger partial charge in [0.15, 0.2) is 9.84 Å². The van der Waals surface area contributed by atoms with E-state index in [1.165, 1.54) is 11.8 Å². The van der Waals surface area contributed by atoms with Gasteiger partial charge >= 0.3 is 0 Å². The summed E-state index contributed by atoms with van der Waals surface area (Å²) in [6.07, 6.45) is 0.683. The SMILES string of the molecule is CCCS(=O)(=O)CCSC(C)CO. The predicted molar refractivity (Wildman–Crippen MR) is 58.0 cm³/mol. The van der Waals surface area contributed by atoms with Crippen molar-refractivity contribution in [1.29, 1.82) is 0 Å². The minimum Gasteiger partial charge on any atom is -0.395 e. The summed E-state index contributed by atoms with van der Waals surface area (Å²) in [5, 5.41) is 8.83. The summed E-state index contributed by atoms with van der Waals surface area (Å²) in [6, 6.07) is 0. The van der Waals surface area contributed by atoms with Crippen molar-refractivity contribution < 1.29 is 13.5 Å². The highest BCUT2D eigenvalue weighted by Crippen LogP contribution is 2.10. The van der Waals surface area contributed by atoms with E-state index in [0.29, 0.717) is 12.2 Å². The van der Waals surface area contributed by atoms with E-state index >= 15 is 0 Å². The van der Waals surface area contributed by atoms with Gasteiger partial charge in [0.05, 0.1) is 12.4 Å². The van der Waals surface area contributed by atoms with E-state index in [9.17, 15) is 8.42 Å². The molecule has 0 aromatic carbocycles. The molecule has 0 saturated heterocycles. The molecule has 0 aromatic rings. The lowest BCUT2D eigenvalue weighted by molar-refractivity contribution is 0.300. The lowest BCUT2D eigenvalue weighted by atomic mass is 10.5. The summed E-state index contributed by atoms with van der Waals surface area (Å²) in [5.74, 6) is 1.10. The molecule has 0 aliphatic rings. The van der Waals surface area contributed by atoms with E-state index in [1.807, 2.05) is 13.8 Å². The number of aliphatic hydroxyl groups excluding tert-OH is 1. The minimum atomic E-state index is -2.84. The fourth-order valence-electron chi connectivity index (χ4n) is 0.842. The fraction of sp³-hybridized carbons (Fsp3) is 1.00. The standard InChI is InChI=1S/C8H18O3S2/c1-3-5-13(10,11)6-4-12-8(2)7-9/h8-9H,3-7H2,1-2H3. The maximum absolute atomic E-state index is 11.2. The number of rotatable bonds is 7. The molecule has 5 heteroatoms. The van der Waals surface area contributed by atoms with Crippen LogP contribution in [0.4, 0.5) is 0 Å². The van der Waals surface area contributed by atoms with Gasteiger partial charge in [-0.1, -0.05) is 13.8 Å². The maximum atomic E-state index is 11.2. The topological polar surface area (TPSA) is 54.4 Å². The van der Waals surface area contributed by atoms with Crippen LogP contribution in [-0.4, -0.2) is 42.6 Å². The molecular formula is C8H18O3S2. The van der Waals surface area contributed by atoms with Gasteiger partial charge in [-0.3, -0.25) is 0 Å². The Morgan fingerprint density at radius 3 is 2.46 bits per heavy atom. The van der Waals surface area contributed by atoms with Crippen LogP contribution in [-0.2, 0) is 9.84 Å². The Morgan fingerprint density at radius 2 is 2.00 bits per heavy atom. The first-order chi connectivity index (χ1) is 6.02. The first-order valence-electron chi connectivity index (χ1n) is 4.44. The fourth-order valence-corrected chi connectivity index (χ4v) is 3.58. The highest BCUT2D eigenvalue weighted by atomic mass is 32.2. The van der Waals surface area contributed by atoms with Crippen molar-refractivity contribution in [3.8, 4) is 0 Å². The van der Waals surface area contributed by atoms with Crippen LogP contribution < -0.4 is 0 Å². The van der Waals surface area contributed by atoms with Gasteiger partial charge in [0.2, 0.25) is 0 Å². The molecule has 0 aromatic heterocycles. The molecule has 13 heavy (non-hydrogen) atoms. The zero-order valence-electron chi connectivity index (χ0n) is 8.19. The van der Waals surface area contributed by atoms with Gasteiger partial charge in [0, 0.05) is 16.8 Å². The van der Waals surface area contributed by atoms with Crippen molar-refractivity contribution in [2.75, 3.05) is 23.9 Å². The first-order valence-corrected chi connectivity index (χ1v) is 7.31. The third-order valence-corrected chi connectivity index (χ3v) is 4.84. The summed E-state index contributed by atoms with van der Waals surface area (Å²) in [4.78, 5) is 0. The number of sulfone groups is 1. The van der Waals surface area contributed by atoms with Crippen molar-refractivity contribution in [2.45, 2.75) is 25.5 Å². The number of thioether (sulfide) groups is 1. The van der Waals surface area contributed by atoms with Crippen LogP contribution in [0.1, 0.15) is 20.3 Å². The molecule has 0 spiro atoms. The minimum absolute atomic E-state index is 0.110. The third kappa shape index (κ3) is 7.34. The smallest absolute Gasteiger partial charge is 0.151 e. The summed E-state index contributed by atoms with van der Waals surface area (Å²) >= 11 is 1.50. The lowest BCUT2D eigenvalue weighted by Crippen LogP contribution is -2.14. The normalized spacial score (nSPS) is 14.4. The first kappa shape index (κ1) is 13.3. The lowest BCUT2D eigenvalue weighted by Gasteiger charge is -2.07. The molecule has 0 saturated carbocycles. The second kappa shape index (κ2) is 6.68. The van der Waals surface area contributed by atoms with Crippen LogP contribution in [0.15, 0.2) is 0 Å². The van der Waals surface area contributed by atoms with Crippen LogP contribution in [0.3, 0.4) is 0 Å². The average Bonchev–Trinajstić information content (AvgIpc) is 2.03. The van der Waals surface area contributed by atoms with Gasteiger partial charge in [0.25, 0.3) is 0 Å². The van der Waals surface area contributed by atoms with Crippen LogP contribution in [0, 0.1) is 0 Å². The summed E-state index contributed by atoms with van der Waals surface area (Å²) in [5.41, 5.74) is 0. The van der Waals surface area contributed by atoms with E-state index in [2.05, 4.69) is 0 Å². The molecule has 0 amide bonds. The summed E-state index contributed by atoms with van der Waals surface area (Å²) < 4.78 is 22.4. The van der Waals surface area contributed by atoms with E-state index in [4.69, 9.17) is 5.11 Å². The summed E-state index contributed by atoms with van der Waals surface area (Å²) in [7, 11) is -2.84. The van der Waals surface area contributed by atoms with Crippen molar-refractivity contribution in [2.24, 2.45) is 0 Å². The highest BCUT2D eigenvalue weighted by Gasteiger charge is 2.09. The zero-order chi connectivity index (χ0) is 10.3. The van der Waals surface area contributed by atoms with Crippen LogP contribution in [0.5, 0.6) is 0 Å². The van der Waals surface area contributed by atoms with Gasteiger partial charge in [-0.15, -0.1) is 0 Å². The molecule has 0 aliphatic heterocycles. The summed E-state index contributed by atoms with van der Waals surface area (Å²) in [6.45, 7) is 3.86. The van der Waals surface area contributed by atoms with Crippen molar-refractivity contribution in [3.63, 3.8) is 0 Å². The van der Waals surface area contributed by atoms with E-state index in [1.54, 1.807) is 0 Å². The largest absolute Gasteiger partial charge is 0.395 e. The molecule has 1 atom stereocenters. The average molecular weight is 226 g/mol. The molecule has 0 fully saturated rings. The van der Waals surface area contributed by atoms with Gasteiger partial charge in [-0.05, 0) is 6.42 Å². The number of hydrogen-bond acceptors (Lipinski definition) is 4. The molecule has 3 nitrogen and oxygen atoms in total. The van der Waals surface area contributed by atoms with Gasteiger partial charge in [-0.25, -0.2) is 8.42 Å². The second-order valence-corrected chi connectivity index (χ2v) is 6.87. The highest BCUT2D eigenvalue weighted by molar-refractivity contribution is 8.01. The molecule has 0 rings (SSSR count). The molecule has 0 bridgehead atoms. The van der Waals surface area contributed by atoms with Crippen LogP contribution in [0.25, 0.3) is 0 Å². The molecule has 80 valence electrons. The molecule has 1 unspecified atom stereocenters. The number of aliphatic hydroxyl groups is 1. The van der Waals surface area contributed by atoms with E-state index in [-0.39, 0.29) is 23.4 Å². The third-order valence-electron chi connectivity index (χ3n) is 1.57. The van der Waals surface area contributed by atoms with E-state index < -0.39 is 9.84 Å². The van der Waals surface area contributed by atoms with Crippen molar-refractivity contribution in [3.05, 3.63) is 0 Å². The monoisotopic (exact) mass is 226 g/mol. The maximum Gasteiger partial charge on any atom is 0.151 e. The quantitative estimate of drug-likeness (QED) is 0.701. The second-order valence-electron chi connectivity index (χ2n) is 3.02. The van der Waals surface area contributed by atoms with Gasteiger partial charge in [-0.2, -0.15) is 11.8 Å². The predicted octanol–water partition coefficient (Wildman–Crippen LogP) is 0.925. The number of hydrogen-bond donors (Lipinski definition) is 1. The Labute approximate surface area is 84.8 Å². The van der Waals surface area contributed by atoms with Crippen molar-refractivity contribution >= 4 is 21.6 Å². The van der Waals surface area contributed by atoms with Crippen LogP contribution in [0.2, 0.25) is 0 Å². The Hall–Kier alpha value is 0.260. The molecule has 0 heterocycles.